The molecule has 24 heavy (non-hydrogen) atoms. The molecule has 1 unspecified atom stereocenters. The van der Waals surface area contributed by atoms with Gasteiger partial charge >= 0.3 is 18.2 Å². The summed E-state index contributed by atoms with van der Waals surface area (Å²) >= 11 is 0. The molecule has 0 saturated carbocycles. The van der Waals surface area contributed by atoms with Gasteiger partial charge in [0.2, 0.25) is 0 Å². The fourth-order valence-corrected chi connectivity index (χ4v) is 2.83. The van der Waals surface area contributed by atoms with Crippen molar-refractivity contribution in [1.82, 2.24) is 10.2 Å². The number of ether oxygens (including phenoxy) is 2. The van der Waals surface area contributed by atoms with Gasteiger partial charge in [0.1, 0.15) is 0 Å². The van der Waals surface area contributed by atoms with E-state index in [1.54, 1.807) is 0 Å². The number of hydrogen-bond acceptors (Lipinski definition) is 4. The number of halogens is 3. The summed E-state index contributed by atoms with van der Waals surface area (Å²) in [5.41, 5.74) is 0. The van der Waals surface area contributed by atoms with E-state index in [1.165, 1.54) is 0 Å². The van der Waals surface area contributed by atoms with Crippen LogP contribution in [0.2, 0.25) is 0 Å². The molecule has 0 aromatic heterocycles. The van der Waals surface area contributed by atoms with E-state index >= 15 is 0 Å². The SMILES string of the molecule is O=C(O)[C@@H]1CN(C(=O)NCCCOC2CCOC2)C[C@H]1C(F)(F)F. The van der Waals surface area contributed by atoms with E-state index in [0.29, 0.717) is 26.2 Å². The largest absolute Gasteiger partial charge is 0.481 e. The average Bonchev–Trinajstić information content (AvgIpc) is 3.15. The van der Waals surface area contributed by atoms with E-state index in [4.69, 9.17) is 14.6 Å². The number of likely N-dealkylation sites (tertiary alicyclic amines) is 1. The zero-order chi connectivity index (χ0) is 17.7. The molecule has 3 atom stereocenters. The average molecular weight is 354 g/mol. The van der Waals surface area contributed by atoms with Gasteiger partial charge in [-0.3, -0.25) is 4.79 Å². The van der Waals surface area contributed by atoms with Gasteiger partial charge in [-0.1, -0.05) is 0 Å². The van der Waals surface area contributed by atoms with Gasteiger partial charge in [-0.2, -0.15) is 13.2 Å². The standard InChI is InChI=1S/C14H21F3N2O5/c15-14(16,17)11-7-19(6-10(11)12(20)21)13(22)18-3-1-4-24-9-2-5-23-8-9/h9-11H,1-8H2,(H,18,22)(H,20,21)/t9?,10-,11-/m1/s1. The van der Waals surface area contributed by atoms with Crippen molar-refractivity contribution >= 4 is 12.0 Å². The summed E-state index contributed by atoms with van der Waals surface area (Å²) in [5.74, 6) is -5.20. The second kappa shape index (κ2) is 8.02. The van der Waals surface area contributed by atoms with Crippen LogP contribution < -0.4 is 5.32 Å². The summed E-state index contributed by atoms with van der Waals surface area (Å²) in [4.78, 5) is 23.8. The van der Waals surface area contributed by atoms with Crippen LogP contribution in [0.4, 0.5) is 18.0 Å². The first-order chi connectivity index (χ1) is 11.3. The van der Waals surface area contributed by atoms with Gasteiger partial charge in [0, 0.05) is 32.8 Å². The van der Waals surface area contributed by atoms with Crippen LogP contribution in [0.1, 0.15) is 12.8 Å². The second-order valence-corrected chi connectivity index (χ2v) is 5.94. The number of aliphatic carboxylic acids is 1. The van der Waals surface area contributed by atoms with Crippen molar-refractivity contribution in [2.75, 3.05) is 39.5 Å². The maximum Gasteiger partial charge on any atom is 0.394 e. The number of nitrogens with zero attached hydrogens (tertiary/aromatic N) is 1. The summed E-state index contributed by atoms with van der Waals surface area (Å²) in [6.45, 7) is 0.801. The zero-order valence-corrected chi connectivity index (χ0v) is 13.1. The first-order valence-corrected chi connectivity index (χ1v) is 7.80. The normalized spacial score (nSPS) is 27.5. The van der Waals surface area contributed by atoms with Crippen LogP contribution >= 0.6 is 0 Å². The highest BCUT2D eigenvalue weighted by molar-refractivity contribution is 5.77. The van der Waals surface area contributed by atoms with Gasteiger partial charge in [0.25, 0.3) is 0 Å². The Hall–Kier alpha value is -1.55. The first kappa shape index (κ1) is 18.8. The Bertz CT molecular complexity index is 454. The highest BCUT2D eigenvalue weighted by Crippen LogP contribution is 2.37. The number of nitrogens with one attached hydrogen (secondary N) is 1. The van der Waals surface area contributed by atoms with Crippen molar-refractivity contribution in [1.29, 1.82) is 0 Å². The van der Waals surface area contributed by atoms with Crippen molar-refractivity contribution in [3.05, 3.63) is 0 Å². The molecule has 0 spiro atoms. The summed E-state index contributed by atoms with van der Waals surface area (Å²) in [6, 6.07) is -0.683. The predicted octanol–water partition coefficient (Wildman–Crippen LogP) is 1.09. The topological polar surface area (TPSA) is 88.1 Å². The third kappa shape index (κ3) is 4.97. The first-order valence-electron chi connectivity index (χ1n) is 7.80. The van der Waals surface area contributed by atoms with Crippen LogP contribution in [0, 0.1) is 11.8 Å². The number of rotatable bonds is 6. The number of carbonyl (C=O) groups excluding carboxylic acids is 1. The number of alkyl halides is 3. The van der Waals surface area contributed by atoms with E-state index in [1.807, 2.05) is 0 Å². The van der Waals surface area contributed by atoms with Crippen molar-refractivity contribution < 1.29 is 37.3 Å². The lowest BCUT2D eigenvalue weighted by Gasteiger charge is -2.18. The highest BCUT2D eigenvalue weighted by atomic mass is 19.4. The van der Waals surface area contributed by atoms with Crippen LogP contribution in [-0.4, -0.2) is 73.7 Å². The number of urea groups is 1. The highest BCUT2D eigenvalue weighted by Gasteiger charge is 2.53. The number of carboxylic acid groups (broad SMARTS) is 1. The Kier molecular flexibility index (Phi) is 6.27. The van der Waals surface area contributed by atoms with Crippen LogP contribution in [-0.2, 0) is 14.3 Å². The lowest BCUT2D eigenvalue weighted by molar-refractivity contribution is -0.187. The minimum Gasteiger partial charge on any atom is -0.481 e. The van der Waals surface area contributed by atoms with E-state index in [2.05, 4.69) is 5.32 Å². The van der Waals surface area contributed by atoms with Gasteiger partial charge in [-0.25, -0.2) is 4.79 Å². The number of hydrogen-bond donors (Lipinski definition) is 2. The van der Waals surface area contributed by atoms with Crippen molar-refractivity contribution in [3.63, 3.8) is 0 Å². The Morgan fingerprint density at radius 3 is 2.62 bits per heavy atom. The smallest absolute Gasteiger partial charge is 0.394 e. The minimum absolute atomic E-state index is 0.0585. The van der Waals surface area contributed by atoms with Crippen LogP contribution in [0.15, 0.2) is 0 Å². The Balaban J connectivity index is 1.71. The molecule has 0 radical (unpaired) electrons. The molecule has 2 rings (SSSR count). The Morgan fingerprint density at radius 2 is 2.08 bits per heavy atom. The molecule has 2 aliphatic rings. The molecule has 0 aliphatic carbocycles. The lowest BCUT2D eigenvalue weighted by atomic mass is 9.96. The molecule has 2 aliphatic heterocycles. The number of carbonyl (C=O) groups is 2. The summed E-state index contributed by atoms with van der Waals surface area (Å²) in [6.07, 6.45) is -3.24. The molecule has 0 aromatic rings. The fraction of sp³-hybridized carbons (Fsp3) is 0.857. The van der Waals surface area contributed by atoms with Gasteiger partial charge in [0.05, 0.1) is 24.5 Å². The quantitative estimate of drug-likeness (QED) is 0.697. The molecule has 0 aromatic carbocycles. The van der Waals surface area contributed by atoms with E-state index in [9.17, 15) is 22.8 Å². The third-order valence-electron chi connectivity index (χ3n) is 4.18. The third-order valence-corrected chi connectivity index (χ3v) is 4.18. The van der Waals surface area contributed by atoms with Crippen molar-refractivity contribution in [3.8, 4) is 0 Å². The molecule has 2 fully saturated rings. The monoisotopic (exact) mass is 354 g/mol. The molecule has 2 N–H and O–H groups in total. The maximum atomic E-state index is 12.9. The van der Waals surface area contributed by atoms with Crippen molar-refractivity contribution in [2.45, 2.75) is 25.1 Å². The summed E-state index contributed by atoms with van der Waals surface area (Å²) in [7, 11) is 0. The lowest BCUT2D eigenvalue weighted by Crippen LogP contribution is -2.40. The van der Waals surface area contributed by atoms with E-state index < -0.39 is 43.1 Å². The van der Waals surface area contributed by atoms with Gasteiger partial charge < -0.3 is 24.8 Å². The molecule has 2 saturated heterocycles. The summed E-state index contributed by atoms with van der Waals surface area (Å²) < 4.78 is 49.2. The Labute approximate surface area is 137 Å². The molecule has 2 amide bonds. The number of carboxylic acids is 1. The van der Waals surface area contributed by atoms with Crippen molar-refractivity contribution in [2.24, 2.45) is 11.8 Å². The van der Waals surface area contributed by atoms with E-state index in [-0.39, 0.29) is 12.6 Å². The molecule has 7 nitrogen and oxygen atoms in total. The molecule has 10 heteroatoms. The van der Waals surface area contributed by atoms with Gasteiger partial charge in [-0.15, -0.1) is 0 Å². The molecular formula is C14H21F3N2O5. The summed E-state index contributed by atoms with van der Waals surface area (Å²) in [5, 5.41) is 11.4. The second-order valence-electron chi connectivity index (χ2n) is 5.94. The van der Waals surface area contributed by atoms with E-state index in [0.717, 1.165) is 11.3 Å². The molecule has 138 valence electrons. The van der Waals surface area contributed by atoms with Crippen LogP contribution in [0.5, 0.6) is 0 Å². The maximum absolute atomic E-state index is 12.9. The number of amides is 2. The van der Waals surface area contributed by atoms with Crippen LogP contribution in [0.3, 0.4) is 0 Å². The molecule has 0 bridgehead atoms. The van der Waals surface area contributed by atoms with Gasteiger partial charge in [0.15, 0.2) is 0 Å². The molecular weight excluding hydrogens is 333 g/mol. The van der Waals surface area contributed by atoms with Gasteiger partial charge in [-0.05, 0) is 12.8 Å². The van der Waals surface area contributed by atoms with Crippen LogP contribution in [0.25, 0.3) is 0 Å². The Morgan fingerprint density at radius 1 is 1.33 bits per heavy atom. The zero-order valence-electron chi connectivity index (χ0n) is 13.1. The minimum atomic E-state index is -4.64. The fourth-order valence-electron chi connectivity index (χ4n) is 2.83. The predicted molar refractivity (Wildman–Crippen MR) is 75.4 cm³/mol. The molecule has 2 heterocycles.